The van der Waals surface area contributed by atoms with Gasteiger partial charge in [-0.2, -0.15) is 0 Å². The standard InChI is InChI=1S/C17H29NO2/c1-12-6-9-14(10-7-12)20-17(19)16-11-8-13-4-2-3-5-15(13)18-16/h12-16,18H,2-11H2,1H3. The van der Waals surface area contributed by atoms with Gasteiger partial charge in [-0.1, -0.05) is 19.8 Å². The number of hydrogen-bond donors (Lipinski definition) is 1. The van der Waals surface area contributed by atoms with Crippen molar-refractivity contribution in [2.45, 2.75) is 89.3 Å². The minimum absolute atomic E-state index is 0.0218. The Morgan fingerprint density at radius 1 is 0.950 bits per heavy atom. The molecule has 3 unspecified atom stereocenters. The molecule has 1 aliphatic heterocycles. The maximum Gasteiger partial charge on any atom is 0.323 e. The number of nitrogens with one attached hydrogen (secondary N) is 1. The van der Waals surface area contributed by atoms with Gasteiger partial charge in [0.05, 0.1) is 0 Å². The predicted octanol–water partition coefficient (Wildman–Crippen LogP) is 3.42. The van der Waals surface area contributed by atoms with Crippen molar-refractivity contribution >= 4 is 5.97 Å². The molecule has 0 bridgehead atoms. The molecule has 0 aromatic rings. The third-order valence-corrected chi connectivity index (χ3v) is 5.68. The zero-order valence-corrected chi connectivity index (χ0v) is 12.8. The Morgan fingerprint density at radius 3 is 2.50 bits per heavy atom. The summed E-state index contributed by atoms with van der Waals surface area (Å²) in [5.41, 5.74) is 0. The molecule has 3 heteroatoms. The average Bonchev–Trinajstić information content (AvgIpc) is 2.49. The number of carbonyl (C=O) groups is 1. The Balaban J connectivity index is 1.47. The fourth-order valence-electron chi connectivity index (χ4n) is 4.27. The summed E-state index contributed by atoms with van der Waals surface area (Å²) in [6, 6.07) is 0.537. The number of piperidine rings is 1. The van der Waals surface area contributed by atoms with E-state index in [2.05, 4.69) is 12.2 Å². The van der Waals surface area contributed by atoms with Crippen molar-refractivity contribution in [2.75, 3.05) is 0 Å². The normalized spacial score (nSPS) is 41.8. The van der Waals surface area contributed by atoms with Crippen LogP contribution in [-0.4, -0.2) is 24.2 Å². The summed E-state index contributed by atoms with van der Waals surface area (Å²) in [4.78, 5) is 12.3. The van der Waals surface area contributed by atoms with Crippen LogP contribution in [0.4, 0.5) is 0 Å². The number of hydrogen-bond acceptors (Lipinski definition) is 3. The van der Waals surface area contributed by atoms with Gasteiger partial charge in [-0.05, 0) is 63.2 Å². The molecule has 2 aliphatic carbocycles. The second kappa shape index (κ2) is 6.46. The van der Waals surface area contributed by atoms with Crippen molar-refractivity contribution in [1.82, 2.24) is 5.32 Å². The molecule has 2 saturated carbocycles. The highest BCUT2D eigenvalue weighted by atomic mass is 16.5. The number of rotatable bonds is 2. The van der Waals surface area contributed by atoms with Crippen LogP contribution in [0.5, 0.6) is 0 Å². The smallest absolute Gasteiger partial charge is 0.323 e. The van der Waals surface area contributed by atoms with Crippen molar-refractivity contribution < 1.29 is 9.53 Å². The van der Waals surface area contributed by atoms with Crippen LogP contribution in [0, 0.1) is 11.8 Å². The van der Waals surface area contributed by atoms with Crippen molar-refractivity contribution in [3.8, 4) is 0 Å². The highest BCUT2D eigenvalue weighted by Crippen LogP contribution is 2.33. The molecular formula is C17H29NO2. The second-order valence-corrected chi connectivity index (χ2v) is 7.27. The molecule has 0 aromatic heterocycles. The minimum Gasteiger partial charge on any atom is -0.461 e. The quantitative estimate of drug-likeness (QED) is 0.787. The molecular weight excluding hydrogens is 250 g/mol. The van der Waals surface area contributed by atoms with E-state index < -0.39 is 0 Å². The average molecular weight is 279 g/mol. The summed E-state index contributed by atoms with van der Waals surface area (Å²) in [5.74, 6) is 1.64. The van der Waals surface area contributed by atoms with E-state index in [1.807, 2.05) is 0 Å². The van der Waals surface area contributed by atoms with Gasteiger partial charge in [0, 0.05) is 6.04 Å². The van der Waals surface area contributed by atoms with Gasteiger partial charge in [-0.15, -0.1) is 0 Å². The van der Waals surface area contributed by atoms with E-state index in [1.165, 1.54) is 44.9 Å². The minimum atomic E-state index is -0.0336. The summed E-state index contributed by atoms with van der Waals surface area (Å²) < 4.78 is 5.76. The highest BCUT2D eigenvalue weighted by Gasteiger charge is 2.36. The molecule has 1 saturated heterocycles. The zero-order chi connectivity index (χ0) is 13.9. The SMILES string of the molecule is CC1CCC(OC(=O)C2CCC3CCCCC3N2)CC1. The lowest BCUT2D eigenvalue weighted by molar-refractivity contribution is -0.155. The van der Waals surface area contributed by atoms with E-state index in [1.54, 1.807) is 0 Å². The first-order valence-electron chi connectivity index (χ1n) is 8.69. The molecule has 20 heavy (non-hydrogen) atoms. The molecule has 3 fully saturated rings. The van der Waals surface area contributed by atoms with E-state index >= 15 is 0 Å². The Bertz CT molecular complexity index is 336. The third kappa shape index (κ3) is 3.36. The largest absolute Gasteiger partial charge is 0.461 e. The Hall–Kier alpha value is -0.570. The van der Waals surface area contributed by atoms with Crippen LogP contribution in [0.2, 0.25) is 0 Å². The van der Waals surface area contributed by atoms with Gasteiger partial charge in [0.2, 0.25) is 0 Å². The lowest BCUT2D eigenvalue weighted by Crippen LogP contribution is -2.53. The van der Waals surface area contributed by atoms with Gasteiger partial charge in [0.25, 0.3) is 0 Å². The van der Waals surface area contributed by atoms with Gasteiger partial charge in [0.15, 0.2) is 0 Å². The van der Waals surface area contributed by atoms with Crippen molar-refractivity contribution in [3.05, 3.63) is 0 Å². The molecule has 1 heterocycles. The summed E-state index contributed by atoms with van der Waals surface area (Å²) in [5, 5.41) is 3.58. The van der Waals surface area contributed by atoms with Gasteiger partial charge >= 0.3 is 5.97 Å². The first-order valence-corrected chi connectivity index (χ1v) is 8.69. The van der Waals surface area contributed by atoms with Crippen LogP contribution in [0.25, 0.3) is 0 Å². The molecule has 0 spiro atoms. The van der Waals surface area contributed by atoms with Gasteiger partial charge < -0.3 is 10.1 Å². The van der Waals surface area contributed by atoms with E-state index in [0.29, 0.717) is 6.04 Å². The Morgan fingerprint density at radius 2 is 1.70 bits per heavy atom. The van der Waals surface area contributed by atoms with Crippen LogP contribution in [0.1, 0.15) is 71.1 Å². The molecule has 3 atom stereocenters. The molecule has 114 valence electrons. The molecule has 0 amide bonds. The predicted molar refractivity (Wildman–Crippen MR) is 79.4 cm³/mol. The molecule has 3 nitrogen and oxygen atoms in total. The summed E-state index contributed by atoms with van der Waals surface area (Å²) >= 11 is 0. The number of carbonyl (C=O) groups excluding carboxylic acids is 1. The van der Waals surface area contributed by atoms with Gasteiger partial charge in [-0.3, -0.25) is 4.79 Å². The third-order valence-electron chi connectivity index (χ3n) is 5.68. The lowest BCUT2D eigenvalue weighted by Gasteiger charge is -2.40. The fraction of sp³-hybridized carbons (Fsp3) is 0.941. The van der Waals surface area contributed by atoms with E-state index in [-0.39, 0.29) is 18.1 Å². The number of fused-ring (bicyclic) bond motifs is 1. The van der Waals surface area contributed by atoms with E-state index in [9.17, 15) is 4.79 Å². The first-order chi connectivity index (χ1) is 9.72. The molecule has 3 rings (SSSR count). The van der Waals surface area contributed by atoms with Crippen LogP contribution in [0.3, 0.4) is 0 Å². The van der Waals surface area contributed by atoms with Crippen molar-refractivity contribution in [2.24, 2.45) is 11.8 Å². The molecule has 1 N–H and O–H groups in total. The zero-order valence-electron chi connectivity index (χ0n) is 12.8. The Labute approximate surface area is 122 Å². The highest BCUT2D eigenvalue weighted by molar-refractivity contribution is 5.76. The van der Waals surface area contributed by atoms with Crippen molar-refractivity contribution in [1.29, 1.82) is 0 Å². The summed E-state index contributed by atoms with van der Waals surface area (Å²) in [7, 11) is 0. The lowest BCUT2D eigenvalue weighted by atomic mass is 9.78. The molecule has 0 aromatic carbocycles. The Kier molecular flexibility index (Phi) is 4.65. The van der Waals surface area contributed by atoms with Crippen LogP contribution >= 0.6 is 0 Å². The number of esters is 1. The van der Waals surface area contributed by atoms with Gasteiger partial charge in [0.1, 0.15) is 12.1 Å². The van der Waals surface area contributed by atoms with E-state index in [4.69, 9.17) is 4.74 Å². The van der Waals surface area contributed by atoms with Crippen LogP contribution in [-0.2, 0) is 9.53 Å². The van der Waals surface area contributed by atoms with Crippen LogP contribution in [0.15, 0.2) is 0 Å². The van der Waals surface area contributed by atoms with Gasteiger partial charge in [-0.25, -0.2) is 0 Å². The second-order valence-electron chi connectivity index (χ2n) is 7.27. The summed E-state index contributed by atoms with van der Waals surface area (Å²) in [6.07, 6.45) is 12.2. The maximum atomic E-state index is 12.3. The molecule has 0 radical (unpaired) electrons. The molecule has 3 aliphatic rings. The first kappa shape index (κ1) is 14.4. The fourth-order valence-corrected chi connectivity index (χ4v) is 4.27. The van der Waals surface area contributed by atoms with Crippen LogP contribution < -0.4 is 5.32 Å². The van der Waals surface area contributed by atoms with Crippen molar-refractivity contribution in [3.63, 3.8) is 0 Å². The summed E-state index contributed by atoms with van der Waals surface area (Å²) in [6.45, 7) is 2.30. The van der Waals surface area contributed by atoms with E-state index in [0.717, 1.165) is 31.1 Å². The number of ether oxygens (including phenoxy) is 1. The topological polar surface area (TPSA) is 38.3 Å². The maximum absolute atomic E-state index is 12.3. The monoisotopic (exact) mass is 279 g/mol.